The van der Waals surface area contributed by atoms with Gasteiger partial charge in [0.05, 0.1) is 0 Å². The van der Waals surface area contributed by atoms with Crippen LogP contribution in [0, 0.1) is 0 Å². The molecule has 1 rings (SSSR count). The minimum atomic E-state index is 0.636. The van der Waals surface area contributed by atoms with Gasteiger partial charge in [-0.2, -0.15) is 12.6 Å². The molecule has 0 spiro atoms. The van der Waals surface area contributed by atoms with E-state index in [1.54, 1.807) is 0 Å². The summed E-state index contributed by atoms with van der Waals surface area (Å²) in [6.07, 6.45) is 9.58. The van der Waals surface area contributed by atoms with E-state index in [9.17, 15) is 0 Å². The zero-order valence-electron chi connectivity index (χ0n) is 13.1. The molecule has 0 fully saturated rings. The Morgan fingerprint density at radius 3 is 1.95 bits per heavy atom. The van der Waals surface area contributed by atoms with Crippen LogP contribution < -0.4 is 0 Å². The molecule has 20 heavy (non-hydrogen) atoms. The topological polar surface area (TPSA) is 0 Å². The van der Waals surface area contributed by atoms with Crippen molar-refractivity contribution in [2.75, 3.05) is 11.5 Å². The van der Waals surface area contributed by atoms with Gasteiger partial charge in [-0.05, 0) is 48.0 Å². The van der Waals surface area contributed by atoms with E-state index in [0.29, 0.717) is 5.92 Å². The van der Waals surface area contributed by atoms with Gasteiger partial charge in [-0.3, -0.25) is 0 Å². The summed E-state index contributed by atoms with van der Waals surface area (Å²) in [5.41, 5.74) is 1.44. The summed E-state index contributed by atoms with van der Waals surface area (Å²) in [4.78, 5) is 1.42. The molecule has 0 nitrogen and oxygen atoms in total. The van der Waals surface area contributed by atoms with Gasteiger partial charge in [0, 0.05) is 4.90 Å². The highest BCUT2D eigenvalue weighted by Gasteiger charge is 1.99. The maximum Gasteiger partial charge on any atom is 0.00721 e. The molecule has 0 saturated carbocycles. The van der Waals surface area contributed by atoms with E-state index >= 15 is 0 Å². The van der Waals surface area contributed by atoms with Crippen LogP contribution in [0.2, 0.25) is 0 Å². The van der Waals surface area contributed by atoms with Crippen molar-refractivity contribution in [1.82, 2.24) is 0 Å². The molecule has 0 N–H and O–H groups in total. The van der Waals surface area contributed by atoms with Crippen molar-refractivity contribution in [3.8, 4) is 0 Å². The molecular formula is C18H30S2. The molecule has 114 valence electrons. The van der Waals surface area contributed by atoms with E-state index in [0.717, 1.165) is 5.75 Å². The van der Waals surface area contributed by atoms with Crippen molar-refractivity contribution in [3.63, 3.8) is 0 Å². The lowest BCUT2D eigenvalue weighted by Gasteiger charge is -2.06. The molecule has 0 aliphatic rings. The van der Waals surface area contributed by atoms with E-state index in [-0.39, 0.29) is 0 Å². The van der Waals surface area contributed by atoms with Gasteiger partial charge < -0.3 is 0 Å². The summed E-state index contributed by atoms with van der Waals surface area (Å²) in [6.45, 7) is 4.50. The van der Waals surface area contributed by atoms with Gasteiger partial charge in [-0.15, -0.1) is 11.8 Å². The van der Waals surface area contributed by atoms with Crippen molar-refractivity contribution in [3.05, 3.63) is 29.8 Å². The molecule has 0 unspecified atom stereocenters. The molecule has 0 radical (unpaired) electrons. The summed E-state index contributed by atoms with van der Waals surface area (Å²) >= 11 is 6.24. The summed E-state index contributed by atoms with van der Waals surface area (Å²) < 4.78 is 0. The fourth-order valence-corrected chi connectivity index (χ4v) is 3.37. The van der Waals surface area contributed by atoms with Crippen LogP contribution in [-0.4, -0.2) is 11.5 Å². The molecular weight excluding hydrogens is 280 g/mol. The second-order valence-corrected chi connectivity index (χ2v) is 7.39. The molecule has 0 heterocycles. The molecule has 0 bridgehead atoms. The summed E-state index contributed by atoms with van der Waals surface area (Å²) in [7, 11) is 0. The molecule has 0 aromatic heterocycles. The largest absolute Gasteiger partial charge is 0.179 e. The van der Waals surface area contributed by atoms with Crippen LogP contribution >= 0.6 is 24.4 Å². The standard InChI is InChI=1S/C18H30S2/c1-16(2)17-10-12-18(13-11-17)20-15-9-7-5-3-4-6-8-14-19/h10-13,16,19H,3-9,14-15H2,1-2H3. The number of hydrogen-bond acceptors (Lipinski definition) is 2. The fraction of sp³-hybridized carbons (Fsp3) is 0.667. The van der Waals surface area contributed by atoms with Crippen LogP contribution in [-0.2, 0) is 0 Å². The van der Waals surface area contributed by atoms with E-state index in [2.05, 4.69) is 50.7 Å². The third-order valence-corrected chi connectivity index (χ3v) is 5.03. The lowest BCUT2D eigenvalue weighted by Crippen LogP contribution is -1.87. The molecule has 0 aliphatic heterocycles. The molecule has 1 aromatic carbocycles. The second-order valence-electron chi connectivity index (χ2n) is 5.77. The average molecular weight is 311 g/mol. The molecule has 2 heteroatoms. The van der Waals surface area contributed by atoms with Crippen molar-refractivity contribution in [2.45, 2.75) is 69.6 Å². The van der Waals surface area contributed by atoms with Crippen LogP contribution in [0.5, 0.6) is 0 Å². The monoisotopic (exact) mass is 310 g/mol. The molecule has 0 atom stereocenters. The summed E-state index contributed by atoms with van der Waals surface area (Å²) in [5.74, 6) is 2.95. The highest BCUT2D eigenvalue weighted by molar-refractivity contribution is 7.99. The van der Waals surface area contributed by atoms with Gasteiger partial charge >= 0.3 is 0 Å². The predicted molar refractivity (Wildman–Crippen MR) is 97.4 cm³/mol. The lowest BCUT2D eigenvalue weighted by atomic mass is 10.0. The van der Waals surface area contributed by atoms with E-state index in [1.165, 1.54) is 61.2 Å². The van der Waals surface area contributed by atoms with Crippen LogP contribution in [0.3, 0.4) is 0 Å². The van der Waals surface area contributed by atoms with Crippen LogP contribution in [0.4, 0.5) is 0 Å². The molecule has 0 aliphatic carbocycles. The van der Waals surface area contributed by atoms with Crippen LogP contribution in [0.25, 0.3) is 0 Å². The second kappa shape index (κ2) is 11.6. The first-order valence-electron chi connectivity index (χ1n) is 8.07. The first-order valence-corrected chi connectivity index (χ1v) is 9.69. The molecule has 0 saturated heterocycles. The van der Waals surface area contributed by atoms with Gasteiger partial charge in [-0.1, -0.05) is 58.1 Å². The van der Waals surface area contributed by atoms with E-state index in [1.807, 2.05) is 11.8 Å². The lowest BCUT2D eigenvalue weighted by molar-refractivity contribution is 0.605. The quantitative estimate of drug-likeness (QED) is 0.274. The van der Waals surface area contributed by atoms with Gasteiger partial charge in [-0.25, -0.2) is 0 Å². The Morgan fingerprint density at radius 1 is 0.850 bits per heavy atom. The normalized spacial score (nSPS) is 11.2. The van der Waals surface area contributed by atoms with Gasteiger partial charge in [0.25, 0.3) is 0 Å². The summed E-state index contributed by atoms with van der Waals surface area (Å²) in [6, 6.07) is 9.10. The smallest absolute Gasteiger partial charge is 0.00721 e. The summed E-state index contributed by atoms with van der Waals surface area (Å²) in [5, 5.41) is 0. The predicted octanol–water partition coefficient (Wildman–Crippen LogP) is 6.56. The number of thiol groups is 1. The first kappa shape index (κ1) is 18.0. The Bertz CT molecular complexity index is 330. The number of thioether (sulfide) groups is 1. The minimum Gasteiger partial charge on any atom is -0.179 e. The van der Waals surface area contributed by atoms with Crippen molar-refractivity contribution in [1.29, 1.82) is 0 Å². The number of unbranched alkanes of at least 4 members (excludes halogenated alkanes) is 6. The zero-order chi connectivity index (χ0) is 14.6. The average Bonchev–Trinajstić information content (AvgIpc) is 2.46. The maximum absolute atomic E-state index is 4.24. The van der Waals surface area contributed by atoms with Crippen molar-refractivity contribution >= 4 is 24.4 Å². The number of benzene rings is 1. The zero-order valence-corrected chi connectivity index (χ0v) is 14.8. The van der Waals surface area contributed by atoms with Crippen molar-refractivity contribution in [2.24, 2.45) is 0 Å². The number of hydrogen-bond donors (Lipinski definition) is 1. The van der Waals surface area contributed by atoms with Gasteiger partial charge in [0.1, 0.15) is 0 Å². The van der Waals surface area contributed by atoms with Crippen molar-refractivity contribution < 1.29 is 0 Å². The van der Waals surface area contributed by atoms with Crippen LogP contribution in [0.15, 0.2) is 29.2 Å². The highest BCUT2D eigenvalue weighted by atomic mass is 32.2. The molecule has 1 aromatic rings. The third kappa shape index (κ3) is 8.26. The first-order chi connectivity index (χ1) is 9.74. The highest BCUT2D eigenvalue weighted by Crippen LogP contribution is 2.23. The van der Waals surface area contributed by atoms with Gasteiger partial charge in [0.2, 0.25) is 0 Å². The Labute approximate surface area is 135 Å². The maximum atomic E-state index is 4.24. The van der Waals surface area contributed by atoms with Gasteiger partial charge in [0.15, 0.2) is 0 Å². The Hall–Kier alpha value is -0.0800. The van der Waals surface area contributed by atoms with E-state index < -0.39 is 0 Å². The van der Waals surface area contributed by atoms with Crippen LogP contribution in [0.1, 0.15) is 70.3 Å². The molecule has 0 amide bonds. The fourth-order valence-electron chi connectivity index (χ4n) is 2.24. The Kier molecular flexibility index (Phi) is 10.4. The van der Waals surface area contributed by atoms with E-state index in [4.69, 9.17) is 0 Å². The minimum absolute atomic E-state index is 0.636. The SMILES string of the molecule is CC(C)c1ccc(SCCCCCCCCCS)cc1. The number of rotatable bonds is 11. The Balaban J connectivity index is 2.01. The Morgan fingerprint density at radius 2 is 1.40 bits per heavy atom. The third-order valence-electron chi connectivity index (χ3n) is 3.62.